The van der Waals surface area contributed by atoms with Gasteiger partial charge in [-0.15, -0.1) is 0 Å². The molecule has 0 fully saturated rings. The number of aliphatic imine (C=N–C) groups is 1. The van der Waals surface area contributed by atoms with Gasteiger partial charge in [0.2, 0.25) is 5.91 Å². The number of methoxy groups -OCH3 is 1. The van der Waals surface area contributed by atoms with Gasteiger partial charge in [0.25, 0.3) is 0 Å². The Morgan fingerprint density at radius 2 is 2.25 bits per heavy atom. The summed E-state index contributed by atoms with van der Waals surface area (Å²) in [6, 6.07) is 0.910. The highest BCUT2D eigenvalue weighted by molar-refractivity contribution is 6.11. The molecule has 0 saturated heterocycles. The SMILES string of the molecule is COC(=O)c1ncc(NC(=O)CC2=C(O)CC(N)=NC2=N)cc1F. The van der Waals surface area contributed by atoms with Crippen LogP contribution < -0.4 is 11.1 Å². The van der Waals surface area contributed by atoms with Crippen molar-refractivity contribution in [2.24, 2.45) is 10.7 Å². The number of aliphatic hydroxyl groups excluding tert-OH is 1. The van der Waals surface area contributed by atoms with Gasteiger partial charge in [-0.2, -0.15) is 0 Å². The number of nitrogens with one attached hydrogen (secondary N) is 2. The normalized spacial score (nSPS) is 14.2. The predicted octanol–water partition coefficient (Wildman–Crippen LogP) is 0.886. The van der Waals surface area contributed by atoms with Crippen molar-refractivity contribution in [1.29, 1.82) is 5.41 Å². The number of pyridine rings is 1. The average molecular weight is 335 g/mol. The molecule has 2 rings (SSSR count). The fraction of sp³-hybridized carbons (Fsp3) is 0.214. The number of aliphatic hydroxyl groups is 1. The fourth-order valence-corrected chi connectivity index (χ4v) is 1.97. The summed E-state index contributed by atoms with van der Waals surface area (Å²) in [5, 5.41) is 19.7. The maximum absolute atomic E-state index is 13.7. The zero-order valence-corrected chi connectivity index (χ0v) is 12.6. The van der Waals surface area contributed by atoms with Crippen molar-refractivity contribution in [2.45, 2.75) is 12.8 Å². The van der Waals surface area contributed by atoms with Crippen molar-refractivity contribution in [1.82, 2.24) is 4.98 Å². The van der Waals surface area contributed by atoms with Crippen LogP contribution in [0.5, 0.6) is 0 Å². The number of carbonyl (C=O) groups excluding carboxylic acids is 2. The van der Waals surface area contributed by atoms with E-state index < -0.39 is 23.4 Å². The second-order valence-corrected chi connectivity index (χ2v) is 4.82. The Bertz CT molecular complexity index is 787. The standard InChI is InChI=1S/C14H14FN5O4/c1-24-14(23)12-8(15)2-6(5-18-12)19-11(22)3-7-9(21)4-10(16)20-13(7)17/h2,5,21H,3-4H2,1H3,(H,19,22)(H3,16,17,20). The van der Waals surface area contributed by atoms with E-state index in [2.05, 4.69) is 20.0 Å². The van der Waals surface area contributed by atoms with Gasteiger partial charge in [0.05, 0.1) is 31.8 Å². The van der Waals surface area contributed by atoms with Crippen LogP contribution >= 0.6 is 0 Å². The fourth-order valence-electron chi connectivity index (χ4n) is 1.97. The van der Waals surface area contributed by atoms with Gasteiger partial charge in [0, 0.05) is 11.6 Å². The highest BCUT2D eigenvalue weighted by Gasteiger charge is 2.21. The lowest BCUT2D eigenvalue weighted by Crippen LogP contribution is -2.24. The molecule has 1 aromatic heterocycles. The lowest BCUT2D eigenvalue weighted by molar-refractivity contribution is -0.115. The first-order chi connectivity index (χ1) is 11.3. The molecule has 0 bridgehead atoms. The maximum atomic E-state index is 13.7. The van der Waals surface area contributed by atoms with Crippen LogP contribution in [0.15, 0.2) is 28.6 Å². The van der Waals surface area contributed by atoms with Crippen LogP contribution in [-0.4, -0.2) is 40.7 Å². The van der Waals surface area contributed by atoms with Crippen molar-refractivity contribution in [2.75, 3.05) is 12.4 Å². The smallest absolute Gasteiger partial charge is 0.359 e. The predicted molar refractivity (Wildman–Crippen MR) is 82.4 cm³/mol. The molecule has 9 nitrogen and oxygen atoms in total. The summed E-state index contributed by atoms with van der Waals surface area (Å²) in [6.45, 7) is 0. The highest BCUT2D eigenvalue weighted by atomic mass is 19.1. The highest BCUT2D eigenvalue weighted by Crippen LogP contribution is 2.19. The van der Waals surface area contributed by atoms with Gasteiger partial charge in [0.1, 0.15) is 11.6 Å². The molecule has 24 heavy (non-hydrogen) atoms. The van der Waals surface area contributed by atoms with Crippen LogP contribution in [-0.2, 0) is 9.53 Å². The van der Waals surface area contributed by atoms with E-state index >= 15 is 0 Å². The molecule has 1 aliphatic rings. The average Bonchev–Trinajstić information content (AvgIpc) is 2.50. The Morgan fingerprint density at radius 3 is 2.83 bits per heavy atom. The molecule has 0 radical (unpaired) electrons. The second-order valence-electron chi connectivity index (χ2n) is 4.82. The number of dihydropyridines is 1. The van der Waals surface area contributed by atoms with E-state index in [1.165, 1.54) is 0 Å². The molecule has 0 spiro atoms. The number of amidine groups is 2. The summed E-state index contributed by atoms with van der Waals surface area (Å²) < 4.78 is 18.1. The number of hydrogen-bond donors (Lipinski definition) is 4. The molecule has 2 heterocycles. The number of aromatic nitrogens is 1. The number of anilines is 1. The van der Waals surface area contributed by atoms with Crippen molar-refractivity contribution in [3.05, 3.63) is 35.1 Å². The Hall–Kier alpha value is -3.30. The molecule has 0 atom stereocenters. The van der Waals surface area contributed by atoms with E-state index in [-0.39, 0.29) is 41.5 Å². The van der Waals surface area contributed by atoms with Gasteiger partial charge in [0.15, 0.2) is 17.3 Å². The van der Waals surface area contributed by atoms with Crippen molar-refractivity contribution < 1.29 is 23.8 Å². The molecule has 10 heteroatoms. The summed E-state index contributed by atoms with van der Waals surface area (Å²) in [4.78, 5) is 30.5. The second kappa shape index (κ2) is 6.86. The third-order valence-electron chi connectivity index (χ3n) is 3.08. The molecular formula is C14H14FN5O4. The van der Waals surface area contributed by atoms with Gasteiger partial charge < -0.3 is 20.9 Å². The molecule has 0 aliphatic carbocycles. The molecule has 1 amide bonds. The van der Waals surface area contributed by atoms with E-state index in [9.17, 15) is 19.1 Å². The Balaban J connectivity index is 2.08. The lowest BCUT2D eigenvalue weighted by atomic mass is 10.1. The Morgan fingerprint density at radius 1 is 1.54 bits per heavy atom. The van der Waals surface area contributed by atoms with Crippen molar-refractivity contribution in [3.8, 4) is 0 Å². The van der Waals surface area contributed by atoms with Gasteiger partial charge in [-0.3, -0.25) is 10.2 Å². The van der Waals surface area contributed by atoms with Gasteiger partial charge >= 0.3 is 5.97 Å². The van der Waals surface area contributed by atoms with Gasteiger partial charge in [-0.05, 0) is 0 Å². The number of nitrogens with zero attached hydrogens (tertiary/aromatic N) is 2. The molecule has 126 valence electrons. The number of amides is 1. The van der Waals surface area contributed by atoms with E-state index in [1.807, 2.05) is 0 Å². The van der Waals surface area contributed by atoms with Crippen LogP contribution in [0.25, 0.3) is 0 Å². The molecule has 0 unspecified atom stereocenters. The van der Waals surface area contributed by atoms with Gasteiger partial charge in [-0.25, -0.2) is 19.2 Å². The van der Waals surface area contributed by atoms with E-state index in [4.69, 9.17) is 11.1 Å². The first kappa shape index (κ1) is 17.1. The van der Waals surface area contributed by atoms with E-state index in [1.54, 1.807) is 0 Å². The molecule has 0 saturated carbocycles. The van der Waals surface area contributed by atoms with Gasteiger partial charge in [-0.1, -0.05) is 0 Å². The number of ether oxygens (including phenoxy) is 1. The number of carbonyl (C=O) groups is 2. The van der Waals surface area contributed by atoms with Crippen LogP contribution in [0.2, 0.25) is 0 Å². The summed E-state index contributed by atoms with van der Waals surface area (Å²) in [5.41, 5.74) is 4.96. The van der Waals surface area contributed by atoms with Crippen LogP contribution in [0.4, 0.5) is 10.1 Å². The van der Waals surface area contributed by atoms with E-state index in [0.29, 0.717) is 0 Å². The molecule has 5 N–H and O–H groups in total. The maximum Gasteiger partial charge on any atom is 0.359 e. The van der Waals surface area contributed by atoms with Crippen LogP contribution in [0.1, 0.15) is 23.3 Å². The molecule has 1 aromatic rings. The van der Waals surface area contributed by atoms with Crippen LogP contribution in [0.3, 0.4) is 0 Å². The number of halogens is 1. The summed E-state index contributed by atoms with van der Waals surface area (Å²) in [5.74, 6) is -2.96. The molecular weight excluding hydrogens is 321 g/mol. The number of rotatable bonds is 4. The number of hydrogen-bond acceptors (Lipinski definition) is 7. The first-order valence-corrected chi connectivity index (χ1v) is 6.68. The monoisotopic (exact) mass is 335 g/mol. The minimum atomic E-state index is -0.954. The third-order valence-corrected chi connectivity index (χ3v) is 3.08. The number of nitrogens with two attached hydrogens (primary N) is 1. The molecule has 1 aliphatic heterocycles. The Labute approximate surface area is 135 Å². The van der Waals surface area contributed by atoms with Crippen molar-refractivity contribution in [3.63, 3.8) is 0 Å². The largest absolute Gasteiger partial charge is 0.511 e. The minimum absolute atomic E-state index is 0.00981. The zero-order chi connectivity index (χ0) is 17.9. The topological polar surface area (TPSA) is 151 Å². The quantitative estimate of drug-likeness (QED) is 0.600. The van der Waals surface area contributed by atoms with Crippen LogP contribution in [0, 0.1) is 11.2 Å². The molecule has 0 aromatic carbocycles. The summed E-state index contributed by atoms with van der Waals surface area (Å²) in [6.07, 6.45) is 0.695. The van der Waals surface area contributed by atoms with Crippen molar-refractivity contribution >= 4 is 29.2 Å². The first-order valence-electron chi connectivity index (χ1n) is 6.68. The summed E-state index contributed by atoms with van der Waals surface area (Å²) >= 11 is 0. The number of esters is 1. The zero-order valence-electron chi connectivity index (χ0n) is 12.6. The van der Waals surface area contributed by atoms with E-state index in [0.717, 1.165) is 19.4 Å². The minimum Gasteiger partial charge on any atom is -0.511 e. The lowest BCUT2D eigenvalue weighted by Gasteiger charge is -2.14. The summed E-state index contributed by atoms with van der Waals surface area (Å²) in [7, 11) is 1.09. The third kappa shape index (κ3) is 3.72. The Kier molecular flexibility index (Phi) is 4.87.